The average Bonchev–Trinajstić information content (AvgIpc) is 2.47. The lowest BCUT2D eigenvalue weighted by Crippen LogP contribution is -2.55. The predicted octanol–water partition coefficient (Wildman–Crippen LogP) is 2.67. The van der Waals surface area contributed by atoms with Gasteiger partial charge in [0.1, 0.15) is 0 Å². The molecule has 1 fully saturated rings. The molecule has 2 rings (SSSR count). The largest absolute Gasteiger partial charge is 0.381 e. The molecule has 1 aliphatic heterocycles. The van der Waals surface area contributed by atoms with Gasteiger partial charge >= 0.3 is 0 Å². The molecule has 0 aromatic heterocycles. The van der Waals surface area contributed by atoms with Gasteiger partial charge in [0.25, 0.3) is 0 Å². The van der Waals surface area contributed by atoms with E-state index in [9.17, 15) is 0 Å². The minimum Gasteiger partial charge on any atom is -0.381 e. The van der Waals surface area contributed by atoms with E-state index in [0.717, 1.165) is 43.1 Å². The van der Waals surface area contributed by atoms with Gasteiger partial charge in [-0.1, -0.05) is 29.8 Å². The van der Waals surface area contributed by atoms with E-state index in [1.807, 2.05) is 25.2 Å². The molecule has 106 valence electrons. The molecule has 1 heterocycles. The van der Waals surface area contributed by atoms with Crippen molar-refractivity contribution in [2.75, 3.05) is 27.4 Å². The SMILES string of the molecule is CNC(Cc1ccccc1Cl)C1(OC)CCOCC1. The fourth-order valence-electron chi connectivity index (χ4n) is 2.85. The van der Waals surface area contributed by atoms with Gasteiger partial charge in [-0.25, -0.2) is 0 Å². The summed E-state index contributed by atoms with van der Waals surface area (Å²) in [5.41, 5.74) is 0.998. The molecule has 1 aromatic carbocycles. The summed E-state index contributed by atoms with van der Waals surface area (Å²) in [4.78, 5) is 0. The summed E-state index contributed by atoms with van der Waals surface area (Å²) >= 11 is 6.26. The molecule has 19 heavy (non-hydrogen) atoms. The summed E-state index contributed by atoms with van der Waals surface area (Å²) in [5.74, 6) is 0. The molecule has 1 unspecified atom stereocenters. The Bertz CT molecular complexity index is 405. The summed E-state index contributed by atoms with van der Waals surface area (Å²) < 4.78 is 11.3. The second-order valence-electron chi connectivity index (χ2n) is 5.02. The smallest absolute Gasteiger partial charge is 0.0877 e. The van der Waals surface area contributed by atoms with E-state index in [4.69, 9.17) is 21.1 Å². The number of rotatable bonds is 5. The van der Waals surface area contributed by atoms with Crippen LogP contribution in [0.5, 0.6) is 0 Å². The van der Waals surface area contributed by atoms with E-state index in [1.165, 1.54) is 0 Å². The van der Waals surface area contributed by atoms with Crippen LogP contribution in [0.15, 0.2) is 24.3 Å². The van der Waals surface area contributed by atoms with E-state index in [2.05, 4.69) is 11.4 Å². The topological polar surface area (TPSA) is 30.5 Å². The van der Waals surface area contributed by atoms with Crippen LogP contribution in [0.25, 0.3) is 0 Å². The van der Waals surface area contributed by atoms with Crippen LogP contribution in [0.3, 0.4) is 0 Å². The standard InChI is InChI=1S/C15H22ClNO2/c1-17-14(11-12-5-3-4-6-13(12)16)15(18-2)7-9-19-10-8-15/h3-6,14,17H,7-11H2,1-2H3. The maximum Gasteiger partial charge on any atom is 0.0877 e. The second-order valence-corrected chi connectivity index (χ2v) is 5.43. The Morgan fingerprint density at radius 3 is 2.63 bits per heavy atom. The molecule has 3 nitrogen and oxygen atoms in total. The molecule has 1 aliphatic rings. The lowest BCUT2D eigenvalue weighted by Gasteiger charge is -2.42. The van der Waals surface area contributed by atoms with Crippen LogP contribution in [0.4, 0.5) is 0 Å². The molecule has 0 amide bonds. The van der Waals surface area contributed by atoms with Crippen molar-refractivity contribution in [1.29, 1.82) is 0 Å². The number of nitrogens with one attached hydrogen (secondary N) is 1. The van der Waals surface area contributed by atoms with Gasteiger partial charge in [0.2, 0.25) is 0 Å². The van der Waals surface area contributed by atoms with Crippen molar-refractivity contribution in [2.24, 2.45) is 0 Å². The summed E-state index contributed by atoms with van der Waals surface area (Å²) in [7, 11) is 3.78. The van der Waals surface area contributed by atoms with Gasteiger partial charge < -0.3 is 14.8 Å². The maximum atomic E-state index is 6.26. The summed E-state index contributed by atoms with van der Waals surface area (Å²) in [6, 6.07) is 8.24. The fourth-order valence-corrected chi connectivity index (χ4v) is 3.06. The van der Waals surface area contributed by atoms with Crippen molar-refractivity contribution in [3.05, 3.63) is 34.9 Å². The lowest BCUT2D eigenvalue weighted by molar-refractivity contribution is -0.109. The van der Waals surface area contributed by atoms with E-state index >= 15 is 0 Å². The summed E-state index contributed by atoms with van der Waals surface area (Å²) in [6.45, 7) is 1.52. The van der Waals surface area contributed by atoms with Crippen LogP contribution in [0.2, 0.25) is 5.02 Å². The number of benzene rings is 1. The lowest BCUT2D eigenvalue weighted by atomic mass is 9.82. The van der Waals surface area contributed by atoms with E-state index in [1.54, 1.807) is 7.11 Å². The maximum absolute atomic E-state index is 6.26. The molecule has 0 saturated carbocycles. The van der Waals surface area contributed by atoms with Gasteiger partial charge in [-0.05, 0) is 25.1 Å². The number of ether oxygens (including phenoxy) is 2. The minimum atomic E-state index is -0.161. The highest BCUT2D eigenvalue weighted by atomic mass is 35.5. The Kier molecular flexibility index (Phi) is 5.22. The van der Waals surface area contributed by atoms with Crippen LogP contribution in [-0.2, 0) is 15.9 Å². The highest BCUT2D eigenvalue weighted by Crippen LogP contribution is 2.31. The first-order valence-electron chi connectivity index (χ1n) is 6.75. The average molecular weight is 284 g/mol. The van der Waals surface area contributed by atoms with Crippen LogP contribution in [-0.4, -0.2) is 39.0 Å². The van der Waals surface area contributed by atoms with Crippen LogP contribution < -0.4 is 5.32 Å². The van der Waals surface area contributed by atoms with Crippen molar-refractivity contribution >= 4 is 11.6 Å². The first-order valence-corrected chi connectivity index (χ1v) is 7.13. The molecule has 0 aliphatic carbocycles. The molecule has 1 aromatic rings. The zero-order valence-corrected chi connectivity index (χ0v) is 12.4. The van der Waals surface area contributed by atoms with E-state index < -0.39 is 0 Å². The Labute approximate surface area is 120 Å². The molecule has 0 radical (unpaired) electrons. The molecular weight excluding hydrogens is 262 g/mol. The van der Waals surface area contributed by atoms with E-state index in [-0.39, 0.29) is 11.6 Å². The Morgan fingerprint density at radius 1 is 1.37 bits per heavy atom. The van der Waals surface area contributed by atoms with Gasteiger partial charge in [-0.2, -0.15) is 0 Å². The number of hydrogen-bond acceptors (Lipinski definition) is 3. The highest BCUT2D eigenvalue weighted by Gasteiger charge is 2.39. The highest BCUT2D eigenvalue weighted by molar-refractivity contribution is 6.31. The molecule has 1 atom stereocenters. The predicted molar refractivity (Wildman–Crippen MR) is 77.8 cm³/mol. The van der Waals surface area contributed by atoms with E-state index in [0.29, 0.717) is 0 Å². The third-order valence-corrected chi connectivity index (χ3v) is 4.48. The summed E-state index contributed by atoms with van der Waals surface area (Å²) in [6.07, 6.45) is 2.70. The first-order chi connectivity index (χ1) is 9.22. The van der Waals surface area contributed by atoms with Crippen molar-refractivity contribution in [3.8, 4) is 0 Å². The molecule has 1 saturated heterocycles. The molecule has 0 bridgehead atoms. The zero-order valence-electron chi connectivity index (χ0n) is 11.6. The van der Waals surface area contributed by atoms with Crippen molar-refractivity contribution in [3.63, 3.8) is 0 Å². The quantitative estimate of drug-likeness (QED) is 0.901. The number of likely N-dealkylation sites (N-methyl/N-ethyl adjacent to an activating group) is 1. The van der Waals surface area contributed by atoms with Gasteiger partial charge in [0.05, 0.1) is 5.60 Å². The van der Waals surface area contributed by atoms with Crippen LogP contribution in [0, 0.1) is 0 Å². The Hall–Kier alpha value is -0.610. The van der Waals surface area contributed by atoms with Gasteiger partial charge in [-0.15, -0.1) is 0 Å². The Balaban J connectivity index is 2.17. The van der Waals surface area contributed by atoms with Crippen molar-refractivity contribution in [1.82, 2.24) is 5.32 Å². The van der Waals surface area contributed by atoms with Crippen molar-refractivity contribution in [2.45, 2.75) is 30.9 Å². The fraction of sp³-hybridized carbons (Fsp3) is 0.600. The number of halogens is 1. The Morgan fingerprint density at radius 2 is 2.05 bits per heavy atom. The third-order valence-electron chi connectivity index (χ3n) is 4.11. The third kappa shape index (κ3) is 3.29. The van der Waals surface area contributed by atoms with Gasteiger partial charge in [0.15, 0.2) is 0 Å². The first kappa shape index (κ1) is 14.8. The zero-order chi connectivity index (χ0) is 13.7. The normalized spacial score (nSPS) is 20.2. The monoisotopic (exact) mass is 283 g/mol. The number of methoxy groups -OCH3 is 1. The molecule has 4 heteroatoms. The van der Waals surface area contributed by atoms with Crippen LogP contribution >= 0.6 is 11.6 Å². The van der Waals surface area contributed by atoms with Crippen LogP contribution in [0.1, 0.15) is 18.4 Å². The van der Waals surface area contributed by atoms with Gasteiger partial charge in [-0.3, -0.25) is 0 Å². The summed E-state index contributed by atoms with van der Waals surface area (Å²) in [5, 5.41) is 4.22. The molecular formula is C15H22ClNO2. The second kappa shape index (κ2) is 6.71. The molecule has 1 N–H and O–H groups in total. The van der Waals surface area contributed by atoms with Gasteiger partial charge in [0, 0.05) is 44.2 Å². The number of hydrogen-bond donors (Lipinski definition) is 1. The minimum absolute atomic E-state index is 0.161. The van der Waals surface area contributed by atoms with Crippen molar-refractivity contribution < 1.29 is 9.47 Å². The molecule has 0 spiro atoms.